The van der Waals surface area contributed by atoms with Crippen molar-refractivity contribution in [3.05, 3.63) is 45.2 Å². The van der Waals surface area contributed by atoms with Crippen LogP contribution >= 0.6 is 15.9 Å². The van der Waals surface area contributed by atoms with E-state index in [1.54, 1.807) is 0 Å². The van der Waals surface area contributed by atoms with Crippen LogP contribution in [0.4, 0.5) is 0 Å². The van der Waals surface area contributed by atoms with Gasteiger partial charge in [-0.25, -0.2) is 0 Å². The number of benzene rings is 1. The molecule has 108 valence electrons. The molecule has 0 unspecified atom stereocenters. The Kier molecular flexibility index (Phi) is 4.83. The largest absolute Gasteiger partial charge is 0.487 e. The number of aromatic nitrogens is 2. The van der Waals surface area contributed by atoms with Crippen molar-refractivity contribution < 1.29 is 4.74 Å². The van der Waals surface area contributed by atoms with Gasteiger partial charge >= 0.3 is 0 Å². The van der Waals surface area contributed by atoms with Gasteiger partial charge in [-0.05, 0) is 56.1 Å². The highest BCUT2D eigenvalue weighted by atomic mass is 79.9. The summed E-state index contributed by atoms with van der Waals surface area (Å²) in [6.45, 7) is 5.15. The molecular weight excluding hydrogens is 318 g/mol. The first-order valence-corrected chi connectivity index (χ1v) is 7.42. The maximum absolute atomic E-state index is 6.02. The lowest BCUT2D eigenvalue weighted by molar-refractivity contribution is 0.290. The SMILES string of the molecule is Cc1cc(COc2c(C)cc(Br)cc2CCN)n(C)n1. The molecule has 0 bridgehead atoms. The maximum Gasteiger partial charge on any atom is 0.130 e. The van der Waals surface area contributed by atoms with Crippen LogP contribution in [0.25, 0.3) is 0 Å². The van der Waals surface area contributed by atoms with Gasteiger partial charge in [-0.2, -0.15) is 5.10 Å². The smallest absolute Gasteiger partial charge is 0.130 e. The van der Waals surface area contributed by atoms with Crippen LogP contribution in [0.1, 0.15) is 22.5 Å². The maximum atomic E-state index is 6.02. The molecule has 0 fully saturated rings. The standard InChI is InChI=1S/C15H20BrN3O/c1-10-6-13(16)8-12(4-5-17)15(10)20-9-14-7-11(2)18-19(14)3/h6-8H,4-5,9,17H2,1-3H3. The lowest BCUT2D eigenvalue weighted by Crippen LogP contribution is -2.08. The Morgan fingerprint density at radius 3 is 2.65 bits per heavy atom. The van der Waals surface area contributed by atoms with Gasteiger partial charge in [-0.1, -0.05) is 15.9 Å². The van der Waals surface area contributed by atoms with Gasteiger partial charge in [0.05, 0.1) is 11.4 Å². The summed E-state index contributed by atoms with van der Waals surface area (Å²) < 4.78 is 8.93. The van der Waals surface area contributed by atoms with Crippen LogP contribution in [0.15, 0.2) is 22.7 Å². The van der Waals surface area contributed by atoms with E-state index in [4.69, 9.17) is 10.5 Å². The fraction of sp³-hybridized carbons (Fsp3) is 0.400. The quantitative estimate of drug-likeness (QED) is 0.912. The molecule has 20 heavy (non-hydrogen) atoms. The van der Waals surface area contributed by atoms with Gasteiger partial charge in [0.1, 0.15) is 12.4 Å². The molecular formula is C15H20BrN3O. The molecule has 1 aromatic heterocycles. The summed E-state index contributed by atoms with van der Waals surface area (Å²) in [6.07, 6.45) is 0.806. The van der Waals surface area contributed by atoms with Crippen LogP contribution in [0.3, 0.4) is 0 Å². The van der Waals surface area contributed by atoms with Crippen LogP contribution in [-0.4, -0.2) is 16.3 Å². The van der Waals surface area contributed by atoms with Gasteiger partial charge in [0.25, 0.3) is 0 Å². The Bertz CT molecular complexity index is 607. The number of hydrogen-bond donors (Lipinski definition) is 1. The zero-order valence-electron chi connectivity index (χ0n) is 12.1. The van der Waals surface area contributed by atoms with Crippen LogP contribution in [0, 0.1) is 13.8 Å². The Morgan fingerprint density at radius 2 is 2.05 bits per heavy atom. The van der Waals surface area contributed by atoms with Crippen molar-refractivity contribution in [2.45, 2.75) is 26.9 Å². The Balaban J connectivity index is 2.22. The number of hydrogen-bond acceptors (Lipinski definition) is 3. The zero-order chi connectivity index (χ0) is 14.7. The third-order valence-electron chi connectivity index (χ3n) is 3.19. The summed E-state index contributed by atoms with van der Waals surface area (Å²) in [7, 11) is 1.93. The monoisotopic (exact) mass is 337 g/mol. The van der Waals surface area contributed by atoms with Gasteiger partial charge in [0.15, 0.2) is 0 Å². The first kappa shape index (κ1) is 15.1. The molecule has 1 heterocycles. The van der Waals surface area contributed by atoms with Crippen LogP contribution < -0.4 is 10.5 Å². The Morgan fingerprint density at radius 1 is 1.30 bits per heavy atom. The number of rotatable bonds is 5. The molecule has 0 aliphatic carbocycles. The number of nitrogens with zero attached hydrogens (tertiary/aromatic N) is 2. The molecule has 0 radical (unpaired) electrons. The minimum absolute atomic E-state index is 0.511. The van der Waals surface area contributed by atoms with E-state index in [0.717, 1.165) is 39.2 Å². The third-order valence-corrected chi connectivity index (χ3v) is 3.65. The van der Waals surface area contributed by atoms with Crippen molar-refractivity contribution in [1.29, 1.82) is 0 Å². The van der Waals surface area contributed by atoms with E-state index >= 15 is 0 Å². The Labute approximate surface area is 128 Å². The highest BCUT2D eigenvalue weighted by molar-refractivity contribution is 9.10. The van der Waals surface area contributed by atoms with E-state index in [-0.39, 0.29) is 0 Å². The van der Waals surface area contributed by atoms with Gasteiger partial charge in [-0.3, -0.25) is 4.68 Å². The fourth-order valence-corrected chi connectivity index (χ4v) is 2.91. The molecule has 2 N–H and O–H groups in total. The average Bonchev–Trinajstić information content (AvgIpc) is 2.67. The molecule has 0 amide bonds. The molecule has 2 aromatic rings. The number of ether oxygens (including phenoxy) is 1. The van der Waals surface area contributed by atoms with Gasteiger partial charge in [-0.15, -0.1) is 0 Å². The predicted octanol–water partition coefficient (Wildman–Crippen LogP) is 2.88. The lowest BCUT2D eigenvalue weighted by atomic mass is 10.1. The molecule has 0 saturated heterocycles. The van der Waals surface area contributed by atoms with Crippen LogP contribution in [0.2, 0.25) is 0 Å². The lowest BCUT2D eigenvalue weighted by Gasteiger charge is -2.14. The van der Waals surface area contributed by atoms with Gasteiger partial charge in [0, 0.05) is 11.5 Å². The Hall–Kier alpha value is -1.33. The van der Waals surface area contributed by atoms with Gasteiger partial charge in [0.2, 0.25) is 0 Å². The predicted molar refractivity (Wildman–Crippen MR) is 83.9 cm³/mol. The molecule has 0 saturated carbocycles. The fourth-order valence-electron chi connectivity index (χ4n) is 2.29. The van der Waals surface area contributed by atoms with E-state index in [0.29, 0.717) is 13.2 Å². The third kappa shape index (κ3) is 3.41. The van der Waals surface area contributed by atoms with Crippen LogP contribution in [0.5, 0.6) is 5.75 Å². The number of nitrogens with two attached hydrogens (primary N) is 1. The molecule has 0 aliphatic rings. The second kappa shape index (κ2) is 6.41. The van der Waals surface area contributed by atoms with Crippen LogP contribution in [-0.2, 0) is 20.1 Å². The molecule has 0 atom stereocenters. The highest BCUT2D eigenvalue weighted by Gasteiger charge is 2.10. The summed E-state index contributed by atoms with van der Waals surface area (Å²) in [5.41, 5.74) is 9.99. The van der Waals surface area contributed by atoms with Crippen molar-refractivity contribution in [1.82, 2.24) is 9.78 Å². The minimum Gasteiger partial charge on any atom is -0.487 e. The summed E-state index contributed by atoms with van der Waals surface area (Å²) >= 11 is 3.52. The van der Waals surface area contributed by atoms with E-state index in [1.165, 1.54) is 0 Å². The molecule has 1 aromatic carbocycles. The second-order valence-electron chi connectivity index (χ2n) is 4.94. The number of aryl methyl sites for hydroxylation is 3. The van der Waals surface area contributed by atoms with Crippen molar-refractivity contribution in [2.75, 3.05) is 6.54 Å². The number of halogens is 1. The first-order valence-electron chi connectivity index (χ1n) is 6.62. The van der Waals surface area contributed by atoms with Crippen molar-refractivity contribution in [3.8, 4) is 5.75 Å². The molecule has 2 rings (SSSR count). The molecule has 5 heteroatoms. The van der Waals surface area contributed by atoms with E-state index in [9.17, 15) is 0 Å². The summed E-state index contributed by atoms with van der Waals surface area (Å²) in [5, 5.41) is 4.33. The molecule has 0 aliphatic heterocycles. The minimum atomic E-state index is 0.511. The van der Waals surface area contributed by atoms with Crippen molar-refractivity contribution >= 4 is 15.9 Å². The highest BCUT2D eigenvalue weighted by Crippen LogP contribution is 2.29. The summed E-state index contributed by atoms with van der Waals surface area (Å²) in [4.78, 5) is 0. The summed E-state index contributed by atoms with van der Waals surface area (Å²) in [5.74, 6) is 0.928. The first-order chi connectivity index (χ1) is 9.51. The van der Waals surface area contributed by atoms with Gasteiger partial charge < -0.3 is 10.5 Å². The van der Waals surface area contributed by atoms with E-state index in [2.05, 4.69) is 40.1 Å². The molecule has 4 nitrogen and oxygen atoms in total. The van der Waals surface area contributed by atoms with Crippen molar-refractivity contribution in [2.24, 2.45) is 12.8 Å². The van der Waals surface area contributed by atoms with Crippen molar-refractivity contribution in [3.63, 3.8) is 0 Å². The topological polar surface area (TPSA) is 53.1 Å². The second-order valence-corrected chi connectivity index (χ2v) is 5.85. The summed E-state index contributed by atoms with van der Waals surface area (Å²) in [6, 6.07) is 6.17. The van der Waals surface area contributed by atoms with E-state index < -0.39 is 0 Å². The average molecular weight is 338 g/mol. The van der Waals surface area contributed by atoms with E-state index in [1.807, 2.05) is 24.7 Å². The normalized spacial score (nSPS) is 10.8. The zero-order valence-corrected chi connectivity index (χ0v) is 13.7. The molecule has 0 spiro atoms.